The second-order valence-corrected chi connectivity index (χ2v) is 3.94. The number of hydrogen-bond donors (Lipinski definition) is 2. The highest BCUT2D eigenvalue weighted by molar-refractivity contribution is 5.25. The van der Waals surface area contributed by atoms with Gasteiger partial charge in [-0.1, -0.05) is 13.8 Å². The van der Waals surface area contributed by atoms with Crippen molar-refractivity contribution >= 4 is 0 Å². The Morgan fingerprint density at radius 3 is 2.50 bits per heavy atom. The molecule has 0 aliphatic carbocycles. The fraction of sp³-hybridized carbons (Fsp3) is 0.636. The van der Waals surface area contributed by atoms with Crippen LogP contribution >= 0.6 is 0 Å². The van der Waals surface area contributed by atoms with Crippen LogP contribution in [0.15, 0.2) is 4.79 Å². The number of rotatable bonds is 4. The predicted octanol–water partition coefficient (Wildman–Crippen LogP) is 1.70. The van der Waals surface area contributed by atoms with Gasteiger partial charge in [-0.2, -0.15) is 4.98 Å². The first-order valence-corrected chi connectivity index (χ1v) is 5.42. The third kappa shape index (κ3) is 2.61. The molecule has 1 aromatic rings. The highest BCUT2D eigenvalue weighted by Crippen LogP contribution is 2.20. The zero-order valence-electron chi connectivity index (χ0n) is 10.1. The third-order valence-corrected chi connectivity index (χ3v) is 2.33. The molecule has 1 unspecified atom stereocenters. The molecule has 0 fully saturated rings. The van der Waals surface area contributed by atoms with E-state index in [1.165, 1.54) is 0 Å². The smallest absolute Gasteiger partial charge is 0.258 e. The molecular weight excluding hydrogens is 208 g/mol. The van der Waals surface area contributed by atoms with Gasteiger partial charge in [0, 0.05) is 6.61 Å². The van der Waals surface area contributed by atoms with Crippen LogP contribution in [0.4, 0.5) is 0 Å². The summed E-state index contributed by atoms with van der Waals surface area (Å²) in [6.45, 7) is 7.82. The monoisotopic (exact) mass is 226 g/mol. The largest absolute Gasteiger partial charge is 0.493 e. The Morgan fingerprint density at radius 2 is 2.06 bits per heavy atom. The van der Waals surface area contributed by atoms with Gasteiger partial charge in [-0.15, -0.1) is 0 Å². The maximum atomic E-state index is 11.7. The molecule has 0 aliphatic rings. The van der Waals surface area contributed by atoms with E-state index in [2.05, 4.69) is 9.97 Å². The van der Waals surface area contributed by atoms with E-state index in [-0.39, 0.29) is 23.5 Å². The fourth-order valence-corrected chi connectivity index (χ4v) is 1.53. The van der Waals surface area contributed by atoms with Crippen molar-refractivity contribution in [2.24, 2.45) is 0 Å². The van der Waals surface area contributed by atoms with Crippen LogP contribution in [0.1, 0.15) is 51.1 Å². The molecule has 0 bridgehead atoms. The van der Waals surface area contributed by atoms with E-state index in [1.807, 2.05) is 20.8 Å². The normalized spacial score (nSPS) is 13.1. The third-order valence-electron chi connectivity index (χ3n) is 2.33. The second kappa shape index (κ2) is 5.12. The number of ether oxygens (including phenoxy) is 1. The molecule has 1 atom stereocenters. The van der Waals surface area contributed by atoms with Crippen LogP contribution in [0.5, 0.6) is 5.88 Å². The van der Waals surface area contributed by atoms with Crippen LogP contribution in [0.2, 0.25) is 0 Å². The van der Waals surface area contributed by atoms with Gasteiger partial charge in [-0.25, -0.2) is 0 Å². The Morgan fingerprint density at radius 1 is 1.44 bits per heavy atom. The van der Waals surface area contributed by atoms with Crippen LogP contribution in [0.25, 0.3) is 0 Å². The molecule has 1 aromatic heterocycles. The van der Waals surface area contributed by atoms with Gasteiger partial charge in [0.1, 0.15) is 11.9 Å². The molecule has 0 spiro atoms. The van der Waals surface area contributed by atoms with Gasteiger partial charge in [-0.3, -0.25) is 4.79 Å². The molecule has 1 rings (SSSR count). The number of aromatic amines is 1. The summed E-state index contributed by atoms with van der Waals surface area (Å²) in [5, 5.41) is 9.67. The van der Waals surface area contributed by atoms with Gasteiger partial charge >= 0.3 is 0 Å². The van der Waals surface area contributed by atoms with Crippen molar-refractivity contribution in [3.63, 3.8) is 0 Å². The lowest BCUT2D eigenvalue weighted by Gasteiger charge is -2.13. The van der Waals surface area contributed by atoms with E-state index < -0.39 is 0 Å². The maximum Gasteiger partial charge on any atom is 0.258 e. The molecular formula is C11H18N2O3. The Balaban J connectivity index is 3.15. The van der Waals surface area contributed by atoms with Gasteiger partial charge in [0.15, 0.2) is 0 Å². The lowest BCUT2D eigenvalue weighted by atomic mass is 10.1. The number of nitrogens with one attached hydrogen (secondary N) is 1. The molecule has 5 nitrogen and oxygen atoms in total. The van der Waals surface area contributed by atoms with Crippen LogP contribution in [0, 0.1) is 0 Å². The van der Waals surface area contributed by atoms with Crippen LogP contribution in [-0.2, 0) is 4.74 Å². The molecule has 1 heterocycles. The molecule has 2 N–H and O–H groups in total. The average Bonchev–Trinajstić information content (AvgIpc) is 2.16. The molecule has 5 heteroatoms. The summed E-state index contributed by atoms with van der Waals surface area (Å²) in [5.41, 5.74) is 0.0106. The minimum atomic E-state index is -0.329. The topological polar surface area (TPSA) is 75.2 Å². The second-order valence-electron chi connectivity index (χ2n) is 3.94. The van der Waals surface area contributed by atoms with E-state index in [0.717, 1.165) is 0 Å². The molecule has 0 saturated carbocycles. The summed E-state index contributed by atoms with van der Waals surface area (Å²) in [6, 6.07) is 0. The minimum absolute atomic E-state index is 0.0623. The first kappa shape index (κ1) is 12.7. The van der Waals surface area contributed by atoms with Crippen molar-refractivity contribution in [2.75, 3.05) is 6.61 Å². The molecule has 0 saturated heterocycles. The van der Waals surface area contributed by atoms with E-state index >= 15 is 0 Å². The molecule has 0 aliphatic heterocycles. The van der Waals surface area contributed by atoms with E-state index in [1.54, 1.807) is 6.92 Å². The predicted molar refractivity (Wildman–Crippen MR) is 60.7 cm³/mol. The zero-order chi connectivity index (χ0) is 12.3. The average molecular weight is 226 g/mol. The number of aromatic hydroxyl groups is 1. The number of aromatic nitrogens is 2. The summed E-state index contributed by atoms with van der Waals surface area (Å²) >= 11 is 0. The zero-order valence-corrected chi connectivity index (χ0v) is 10.1. The molecule has 0 aromatic carbocycles. The molecule has 0 amide bonds. The Hall–Kier alpha value is -1.36. The maximum absolute atomic E-state index is 11.7. The van der Waals surface area contributed by atoms with E-state index in [0.29, 0.717) is 18.0 Å². The standard InChI is InChI=1S/C11H18N2O3/c1-5-16-7(4)9-12-10(14)8(6(2)3)11(15)13-9/h6-7H,5H2,1-4H3,(H2,12,13,14,15). The molecule has 90 valence electrons. The Bertz CT molecular complexity index is 412. The lowest BCUT2D eigenvalue weighted by Crippen LogP contribution is -2.19. The van der Waals surface area contributed by atoms with Gasteiger partial charge in [0.25, 0.3) is 5.56 Å². The summed E-state index contributed by atoms with van der Waals surface area (Å²) < 4.78 is 5.29. The highest BCUT2D eigenvalue weighted by atomic mass is 16.5. The summed E-state index contributed by atoms with van der Waals surface area (Å²) in [5.74, 6) is 0.0850. The van der Waals surface area contributed by atoms with E-state index in [4.69, 9.17) is 4.74 Å². The van der Waals surface area contributed by atoms with Crippen molar-refractivity contribution < 1.29 is 9.84 Å². The number of nitrogens with zero attached hydrogens (tertiary/aromatic N) is 1. The van der Waals surface area contributed by atoms with Crippen LogP contribution in [-0.4, -0.2) is 21.7 Å². The first-order valence-electron chi connectivity index (χ1n) is 5.42. The fourth-order valence-electron chi connectivity index (χ4n) is 1.53. The molecule has 0 radical (unpaired) electrons. The SMILES string of the molecule is CCOC(C)c1nc(O)c(C(C)C)c(=O)[nH]1. The summed E-state index contributed by atoms with van der Waals surface area (Å²) in [4.78, 5) is 18.3. The van der Waals surface area contributed by atoms with Crippen LogP contribution < -0.4 is 5.56 Å². The Labute approximate surface area is 94.5 Å². The quantitative estimate of drug-likeness (QED) is 0.819. The number of H-pyrrole nitrogens is 1. The van der Waals surface area contributed by atoms with Crippen molar-refractivity contribution in [2.45, 2.75) is 39.7 Å². The van der Waals surface area contributed by atoms with Gasteiger partial charge < -0.3 is 14.8 Å². The van der Waals surface area contributed by atoms with Gasteiger partial charge in [0.2, 0.25) is 5.88 Å². The summed E-state index contributed by atoms with van der Waals surface area (Å²) in [6.07, 6.45) is -0.329. The van der Waals surface area contributed by atoms with Crippen molar-refractivity contribution in [1.29, 1.82) is 0 Å². The lowest BCUT2D eigenvalue weighted by molar-refractivity contribution is 0.0693. The molecule has 16 heavy (non-hydrogen) atoms. The van der Waals surface area contributed by atoms with Crippen molar-refractivity contribution in [3.05, 3.63) is 21.7 Å². The first-order chi connectivity index (χ1) is 7.47. The Kier molecular flexibility index (Phi) is 4.06. The van der Waals surface area contributed by atoms with Crippen molar-refractivity contribution in [1.82, 2.24) is 9.97 Å². The van der Waals surface area contributed by atoms with Gasteiger partial charge in [0.05, 0.1) is 5.56 Å². The van der Waals surface area contributed by atoms with E-state index in [9.17, 15) is 9.90 Å². The number of hydrogen-bond acceptors (Lipinski definition) is 4. The minimum Gasteiger partial charge on any atom is -0.493 e. The van der Waals surface area contributed by atoms with Crippen LogP contribution in [0.3, 0.4) is 0 Å². The van der Waals surface area contributed by atoms with Gasteiger partial charge in [-0.05, 0) is 19.8 Å². The summed E-state index contributed by atoms with van der Waals surface area (Å²) in [7, 11) is 0. The van der Waals surface area contributed by atoms with Crippen molar-refractivity contribution in [3.8, 4) is 5.88 Å². The highest BCUT2D eigenvalue weighted by Gasteiger charge is 2.16.